The van der Waals surface area contributed by atoms with Gasteiger partial charge >= 0.3 is 5.97 Å². The molecule has 230 valence electrons. The molecule has 43 heavy (non-hydrogen) atoms. The van der Waals surface area contributed by atoms with E-state index in [2.05, 4.69) is 4.98 Å². The van der Waals surface area contributed by atoms with Crippen LogP contribution in [0.15, 0.2) is 48.5 Å². The highest BCUT2D eigenvalue weighted by Gasteiger charge is 2.70. The molecule has 2 aliphatic rings. The predicted octanol–water partition coefficient (Wildman–Crippen LogP) is 0.582. The Morgan fingerprint density at radius 2 is 1.77 bits per heavy atom. The third-order valence-corrected chi connectivity index (χ3v) is 8.82. The van der Waals surface area contributed by atoms with E-state index < -0.39 is 67.3 Å². The highest BCUT2D eigenvalue weighted by Crippen LogP contribution is 2.50. The van der Waals surface area contributed by atoms with Gasteiger partial charge in [0.1, 0.15) is 17.8 Å². The number of nitrogens with one attached hydrogen (secondary N) is 1. The summed E-state index contributed by atoms with van der Waals surface area (Å²) in [5.41, 5.74) is -1.54. The predicted molar refractivity (Wildman–Crippen MR) is 153 cm³/mol. The topological polar surface area (TPSA) is 202 Å². The van der Waals surface area contributed by atoms with Crippen molar-refractivity contribution >= 4 is 38.4 Å². The molecule has 0 bridgehead atoms. The summed E-state index contributed by atoms with van der Waals surface area (Å²) < 4.78 is 17.2. The second kappa shape index (κ2) is 11.4. The number of esters is 1. The quantitative estimate of drug-likeness (QED) is 0.0762. The summed E-state index contributed by atoms with van der Waals surface area (Å²) in [5.74, 6) is -4.96. The van der Waals surface area contributed by atoms with Crippen LogP contribution in [0.25, 0.3) is 32.4 Å². The van der Waals surface area contributed by atoms with Gasteiger partial charge in [-0.25, -0.2) is 4.79 Å². The smallest absolute Gasteiger partial charge is 0.343 e. The molecule has 1 aliphatic heterocycles. The normalized spacial score (nSPS) is 31.0. The van der Waals surface area contributed by atoms with Gasteiger partial charge in [0.15, 0.2) is 11.9 Å². The SMILES string of the molecule is O=C(Oc1c(CO)[nH]c2ccc3cc4ccccc4cc3c12)C1OC(O)(C2(O)CC(O)CC2CO)C(O)C1OCCCO. The number of aliphatic hydroxyl groups is 7. The first-order chi connectivity index (χ1) is 20.6. The van der Waals surface area contributed by atoms with E-state index >= 15 is 0 Å². The van der Waals surface area contributed by atoms with E-state index in [0.717, 1.165) is 21.5 Å². The lowest BCUT2D eigenvalue weighted by Crippen LogP contribution is -2.63. The van der Waals surface area contributed by atoms with Gasteiger partial charge in [-0.1, -0.05) is 30.3 Å². The number of rotatable bonds is 9. The fourth-order valence-electron chi connectivity index (χ4n) is 6.63. The summed E-state index contributed by atoms with van der Waals surface area (Å²) in [7, 11) is 0. The zero-order chi connectivity index (χ0) is 30.5. The van der Waals surface area contributed by atoms with E-state index in [1.807, 2.05) is 42.5 Å². The van der Waals surface area contributed by atoms with E-state index in [4.69, 9.17) is 14.2 Å². The van der Waals surface area contributed by atoms with Crippen molar-refractivity contribution in [2.45, 2.75) is 61.7 Å². The molecule has 2 heterocycles. The van der Waals surface area contributed by atoms with Crippen LogP contribution < -0.4 is 4.74 Å². The largest absolute Gasteiger partial charge is 0.422 e. The number of aromatic amines is 1. The Bertz CT molecular complexity index is 1660. The molecule has 2 fully saturated rings. The lowest BCUT2D eigenvalue weighted by Gasteiger charge is -2.42. The van der Waals surface area contributed by atoms with Crippen LogP contribution in [0.5, 0.6) is 5.75 Å². The standard InChI is InChI=1S/C31H35NO11/c33-8-3-9-41-26-27(43-31(40,28(26)37)30(39)13-20(36)12-19(30)14-34)29(38)42-25-23(15-35)32-22-7-6-18-10-16-4-1-2-5-17(16)11-21(18)24(22)25/h1-2,4-7,10-11,19-20,26-28,32-37,39-40H,3,8-9,12-15H2. The van der Waals surface area contributed by atoms with Crippen molar-refractivity contribution in [3.63, 3.8) is 0 Å². The van der Waals surface area contributed by atoms with Crippen molar-refractivity contribution in [1.82, 2.24) is 4.98 Å². The van der Waals surface area contributed by atoms with Crippen molar-refractivity contribution < 1.29 is 54.8 Å². The Morgan fingerprint density at radius 1 is 1.02 bits per heavy atom. The van der Waals surface area contributed by atoms with Gasteiger partial charge in [0.25, 0.3) is 0 Å². The molecule has 1 aromatic heterocycles. The second-order valence-electron chi connectivity index (χ2n) is 11.4. The first-order valence-electron chi connectivity index (χ1n) is 14.3. The third-order valence-electron chi connectivity index (χ3n) is 8.82. The average Bonchev–Trinajstić information content (AvgIpc) is 3.61. The van der Waals surface area contributed by atoms with E-state index in [0.29, 0.717) is 10.9 Å². The number of aliphatic hydroxyl groups excluding tert-OH is 5. The molecule has 0 radical (unpaired) electrons. The molecular weight excluding hydrogens is 562 g/mol. The fourth-order valence-corrected chi connectivity index (χ4v) is 6.63. The zero-order valence-electron chi connectivity index (χ0n) is 23.2. The second-order valence-corrected chi connectivity index (χ2v) is 11.4. The number of ether oxygens (including phenoxy) is 3. The maximum absolute atomic E-state index is 13.8. The van der Waals surface area contributed by atoms with Gasteiger partial charge in [-0.2, -0.15) is 0 Å². The highest BCUT2D eigenvalue weighted by molar-refractivity contribution is 6.14. The van der Waals surface area contributed by atoms with Crippen LogP contribution in [0.2, 0.25) is 0 Å². The first kappa shape index (κ1) is 29.9. The first-order valence-corrected chi connectivity index (χ1v) is 14.3. The van der Waals surface area contributed by atoms with E-state index in [1.165, 1.54) is 0 Å². The number of H-pyrrole nitrogens is 1. The van der Waals surface area contributed by atoms with E-state index in [1.54, 1.807) is 6.07 Å². The maximum Gasteiger partial charge on any atom is 0.343 e. The Labute approximate surface area is 245 Å². The summed E-state index contributed by atoms with van der Waals surface area (Å²) in [6, 6.07) is 15.4. The lowest BCUT2D eigenvalue weighted by molar-refractivity contribution is -0.326. The number of fused-ring (bicyclic) bond motifs is 4. The minimum absolute atomic E-state index is 0.0225. The van der Waals surface area contributed by atoms with Gasteiger partial charge in [-0.15, -0.1) is 0 Å². The number of benzene rings is 3. The van der Waals surface area contributed by atoms with Crippen LogP contribution in [0.3, 0.4) is 0 Å². The van der Waals surface area contributed by atoms with Crippen LogP contribution in [-0.4, -0.2) is 102 Å². The molecule has 1 saturated carbocycles. The summed E-state index contributed by atoms with van der Waals surface area (Å²) >= 11 is 0. The van der Waals surface area contributed by atoms with E-state index in [-0.39, 0.29) is 37.5 Å². The molecule has 1 saturated heterocycles. The maximum atomic E-state index is 13.8. The van der Waals surface area contributed by atoms with Crippen molar-refractivity contribution in [2.75, 3.05) is 19.8 Å². The molecule has 8 N–H and O–H groups in total. The minimum Gasteiger partial charge on any atom is -0.422 e. The van der Waals surface area contributed by atoms with Gasteiger partial charge in [-0.3, -0.25) is 0 Å². The minimum atomic E-state index is -2.82. The van der Waals surface area contributed by atoms with Gasteiger partial charge in [0, 0.05) is 32.2 Å². The molecular formula is C31H35NO11. The Hall–Kier alpha value is -3.17. The van der Waals surface area contributed by atoms with Gasteiger partial charge in [-0.05, 0) is 52.6 Å². The average molecular weight is 598 g/mol. The van der Waals surface area contributed by atoms with Gasteiger partial charge in [0.2, 0.25) is 5.79 Å². The number of aromatic nitrogens is 1. The summed E-state index contributed by atoms with van der Waals surface area (Å²) in [6.07, 6.45) is -6.80. The Morgan fingerprint density at radius 3 is 2.47 bits per heavy atom. The van der Waals surface area contributed by atoms with E-state index in [9.17, 15) is 40.5 Å². The van der Waals surface area contributed by atoms with Crippen molar-refractivity contribution in [1.29, 1.82) is 0 Å². The molecule has 7 atom stereocenters. The third kappa shape index (κ3) is 4.79. The number of hydrogen-bond donors (Lipinski definition) is 8. The van der Waals surface area contributed by atoms with Gasteiger partial charge in [0.05, 0.1) is 29.3 Å². The van der Waals surface area contributed by atoms with Crippen LogP contribution in [0.1, 0.15) is 25.0 Å². The molecule has 12 nitrogen and oxygen atoms in total. The van der Waals surface area contributed by atoms with Crippen molar-refractivity contribution in [3.05, 3.63) is 54.2 Å². The van der Waals surface area contributed by atoms with Crippen molar-refractivity contribution in [3.8, 4) is 5.75 Å². The molecule has 7 unspecified atom stereocenters. The summed E-state index contributed by atoms with van der Waals surface area (Å²) in [4.78, 5) is 16.9. The molecule has 12 heteroatoms. The Kier molecular flexibility index (Phi) is 7.92. The van der Waals surface area contributed by atoms with Crippen LogP contribution >= 0.6 is 0 Å². The molecule has 0 amide bonds. The van der Waals surface area contributed by atoms with Crippen LogP contribution in [-0.2, 0) is 20.9 Å². The molecule has 0 spiro atoms. The van der Waals surface area contributed by atoms with Crippen molar-refractivity contribution in [2.24, 2.45) is 5.92 Å². The van der Waals surface area contributed by atoms with Crippen LogP contribution in [0, 0.1) is 5.92 Å². The Balaban J connectivity index is 1.40. The van der Waals surface area contributed by atoms with Gasteiger partial charge < -0.3 is 54.9 Å². The molecule has 4 aromatic rings. The summed E-state index contributed by atoms with van der Waals surface area (Å²) in [5, 5.41) is 77.9. The fraction of sp³-hybridized carbons (Fsp3) is 0.452. The lowest BCUT2D eigenvalue weighted by atomic mass is 9.80. The molecule has 6 rings (SSSR count). The molecule has 1 aliphatic carbocycles. The zero-order valence-corrected chi connectivity index (χ0v) is 23.2. The highest BCUT2D eigenvalue weighted by atomic mass is 16.7. The van der Waals surface area contributed by atoms with Crippen LogP contribution in [0.4, 0.5) is 0 Å². The number of carbonyl (C=O) groups excluding carboxylic acids is 1. The summed E-state index contributed by atoms with van der Waals surface area (Å²) in [6.45, 7) is -1.51. The monoisotopic (exact) mass is 597 g/mol. The number of hydrogen-bond acceptors (Lipinski definition) is 11. The number of carbonyl (C=O) groups is 1. The molecule has 3 aromatic carbocycles.